The molecule has 72 valence electrons. The first-order chi connectivity index (χ1) is 6.66. The standard InChI is InChI=1S/C9H8FN3S/c1-6-2-7(10)4-8(3-6)13-5-11-12-9(13)14/h2-5H,1H3,(H,12,14). The van der Waals surface area contributed by atoms with Gasteiger partial charge in [0, 0.05) is 0 Å². The number of hydrogen-bond acceptors (Lipinski definition) is 2. The molecule has 2 aromatic rings. The number of nitrogens with zero attached hydrogens (tertiary/aromatic N) is 2. The maximum absolute atomic E-state index is 13.1. The molecule has 0 aliphatic carbocycles. The summed E-state index contributed by atoms with van der Waals surface area (Å²) in [6.45, 7) is 1.83. The van der Waals surface area contributed by atoms with Crippen LogP contribution in [0.1, 0.15) is 5.56 Å². The zero-order valence-electron chi connectivity index (χ0n) is 7.49. The Hall–Kier alpha value is -1.49. The molecule has 0 saturated carbocycles. The van der Waals surface area contributed by atoms with Gasteiger partial charge >= 0.3 is 0 Å². The Labute approximate surface area is 85.2 Å². The van der Waals surface area contributed by atoms with Crippen LogP contribution < -0.4 is 0 Å². The van der Waals surface area contributed by atoms with E-state index in [2.05, 4.69) is 10.2 Å². The average Bonchev–Trinajstić information content (AvgIpc) is 2.49. The molecule has 0 unspecified atom stereocenters. The second kappa shape index (κ2) is 3.34. The lowest BCUT2D eigenvalue weighted by Crippen LogP contribution is -1.94. The van der Waals surface area contributed by atoms with E-state index in [-0.39, 0.29) is 5.82 Å². The van der Waals surface area contributed by atoms with Gasteiger partial charge in [0.15, 0.2) is 4.77 Å². The Morgan fingerprint density at radius 3 is 2.79 bits per heavy atom. The van der Waals surface area contributed by atoms with Crippen molar-refractivity contribution in [2.24, 2.45) is 0 Å². The van der Waals surface area contributed by atoms with Crippen molar-refractivity contribution in [3.63, 3.8) is 0 Å². The summed E-state index contributed by atoms with van der Waals surface area (Å²) in [5.74, 6) is -0.275. The van der Waals surface area contributed by atoms with Crippen LogP contribution in [0.4, 0.5) is 4.39 Å². The van der Waals surface area contributed by atoms with Crippen molar-refractivity contribution in [3.05, 3.63) is 40.7 Å². The summed E-state index contributed by atoms with van der Waals surface area (Å²) in [6.07, 6.45) is 1.52. The van der Waals surface area contributed by atoms with Gasteiger partial charge in [0.05, 0.1) is 5.69 Å². The first-order valence-electron chi connectivity index (χ1n) is 4.06. The van der Waals surface area contributed by atoms with Crippen molar-refractivity contribution in [1.82, 2.24) is 14.8 Å². The van der Waals surface area contributed by atoms with E-state index >= 15 is 0 Å². The van der Waals surface area contributed by atoms with Crippen molar-refractivity contribution in [2.45, 2.75) is 6.92 Å². The van der Waals surface area contributed by atoms with Crippen LogP contribution in [0.2, 0.25) is 0 Å². The third-order valence-electron chi connectivity index (χ3n) is 1.86. The highest BCUT2D eigenvalue weighted by molar-refractivity contribution is 7.71. The molecule has 1 N–H and O–H groups in total. The molecule has 0 bridgehead atoms. The maximum atomic E-state index is 13.1. The Balaban J connectivity index is 2.63. The Bertz CT molecular complexity index is 495. The fraction of sp³-hybridized carbons (Fsp3) is 0.111. The zero-order chi connectivity index (χ0) is 10.1. The van der Waals surface area contributed by atoms with Gasteiger partial charge in [0.2, 0.25) is 0 Å². The molecule has 0 amide bonds. The summed E-state index contributed by atoms with van der Waals surface area (Å²) in [5, 5.41) is 6.38. The molecule has 0 spiro atoms. The van der Waals surface area contributed by atoms with Crippen LogP contribution in [0.5, 0.6) is 0 Å². The molecule has 0 radical (unpaired) electrons. The summed E-state index contributed by atoms with van der Waals surface area (Å²) in [5.41, 5.74) is 1.53. The van der Waals surface area contributed by atoms with Gasteiger partial charge in [0.25, 0.3) is 0 Å². The van der Waals surface area contributed by atoms with Gasteiger partial charge in [-0.05, 0) is 42.9 Å². The number of aryl methyl sites for hydroxylation is 1. The molecule has 14 heavy (non-hydrogen) atoms. The molecule has 3 nitrogen and oxygen atoms in total. The summed E-state index contributed by atoms with van der Waals surface area (Å²) < 4.78 is 15.1. The summed E-state index contributed by atoms with van der Waals surface area (Å²) in [7, 11) is 0. The van der Waals surface area contributed by atoms with E-state index in [9.17, 15) is 4.39 Å². The molecule has 0 fully saturated rings. The molecule has 1 aromatic carbocycles. The SMILES string of the molecule is Cc1cc(F)cc(-n2cn[nH]c2=S)c1. The number of halogens is 1. The fourth-order valence-corrected chi connectivity index (χ4v) is 1.49. The van der Waals surface area contributed by atoms with Gasteiger partial charge in [-0.3, -0.25) is 9.67 Å². The molecule has 2 rings (SSSR count). The highest BCUT2D eigenvalue weighted by Gasteiger charge is 2.01. The summed E-state index contributed by atoms with van der Waals surface area (Å²) >= 11 is 4.98. The van der Waals surface area contributed by atoms with Crippen molar-refractivity contribution in [2.75, 3.05) is 0 Å². The van der Waals surface area contributed by atoms with E-state index in [0.717, 1.165) is 5.56 Å². The highest BCUT2D eigenvalue weighted by Crippen LogP contribution is 2.12. The zero-order valence-corrected chi connectivity index (χ0v) is 8.31. The van der Waals surface area contributed by atoms with Crippen LogP contribution in [0.25, 0.3) is 5.69 Å². The number of benzene rings is 1. The lowest BCUT2D eigenvalue weighted by atomic mass is 10.2. The van der Waals surface area contributed by atoms with Gasteiger partial charge in [-0.2, -0.15) is 5.10 Å². The number of nitrogens with one attached hydrogen (secondary N) is 1. The summed E-state index contributed by atoms with van der Waals surface area (Å²) in [6, 6.07) is 4.72. The minimum atomic E-state index is -0.275. The minimum Gasteiger partial charge on any atom is -0.275 e. The molecular weight excluding hydrogens is 201 g/mol. The first kappa shape index (κ1) is 9.08. The average molecular weight is 209 g/mol. The molecule has 0 saturated heterocycles. The van der Waals surface area contributed by atoms with E-state index in [0.29, 0.717) is 10.5 Å². The number of aromatic amines is 1. The number of hydrogen-bond donors (Lipinski definition) is 1. The second-order valence-electron chi connectivity index (χ2n) is 3.02. The van der Waals surface area contributed by atoms with Gasteiger partial charge < -0.3 is 0 Å². The van der Waals surface area contributed by atoms with Crippen LogP contribution in [0, 0.1) is 17.5 Å². The van der Waals surface area contributed by atoms with E-state index < -0.39 is 0 Å². The quantitative estimate of drug-likeness (QED) is 0.731. The van der Waals surface area contributed by atoms with E-state index in [1.807, 2.05) is 13.0 Å². The van der Waals surface area contributed by atoms with Gasteiger partial charge in [-0.25, -0.2) is 4.39 Å². The van der Waals surface area contributed by atoms with Crippen LogP contribution in [-0.2, 0) is 0 Å². The lowest BCUT2D eigenvalue weighted by molar-refractivity contribution is 0.625. The molecule has 0 atom stereocenters. The van der Waals surface area contributed by atoms with Gasteiger partial charge in [-0.1, -0.05) is 0 Å². The third kappa shape index (κ3) is 1.58. The smallest absolute Gasteiger partial charge is 0.199 e. The van der Waals surface area contributed by atoms with Crippen molar-refractivity contribution in [1.29, 1.82) is 0 Å². The van der Waals surface area contributed by atoms with Crippen LogP contribution >= 0.6 is 12.2 Å². The molecule has 1 heterocycles. The summed E-state index contributed by atoms with van der Waals surface area (Å²) in [4.78, 5) is 0. The number of H-pyrrole nitrogens is 1. The van der Waals surface area contributed by atoms with Crippen molar-refractivity contribution < 1.29 is 4.39 Å². The van der Waals surface area contributed by atoms with Gasteiger partial charge in [0.1, 0.15) is 12.1 Å². The predicted octanol–water partition coefficient (Wildman–Crippen LogP) is 2.38. The van der Waals surface area contributed by atoms with Crippen molar-refractivity contribution >= 4 is 12.2 Å². The van der Waals surface area contributed by atoms with Gasteiger partial charge in [-0.15, -0.1) is 0 Å². The topological polar surface area (TPSA) is 33.6 Å². The van der Waals surface area contributed by atoms with E-state index in [1.165, 1.54) is 18.5 Å². The van der Waals surface area contributed by atoms with Crippen molar-refractivity contribution in [3.8, 4) is 5.69 Å². The van der Waals surface area contributed by atoms with E-state index in [4.69, 9.17) is 12.2 Å². The Morgan fingerprint density at radius 2 is 2.21 bits per heavy atom. The normalized spacial score (nSPS) is 10.4. The second-order valence-corrected chi connectivity index (χ2v) is 3.41. The largest absolute Gasteiger partial charge is 0.275 e. The molecule has 5 heteroatoms. The van der Waals surface area contributed by atoms with Crippen LogP contribution in [0.3, 0.4) is 0 Å². The molecule has 1 aromatic heterocycles. The molecular formula is C9H8FN3S. The number of aromatic nitrogens is 3. The lowest BCUT2D eigenvalue weighted by Gasteiger charge is -2.02. The van der Waals surface area contributed by atoms with Crippen LogP contribution in [0.15, 0.2) is 24.5 Å². The Kier molecular flexibility index (Phi) is 2.17. The highest BCUT2D eigenvalue weighted by atomic mass is 32.1. The molecule has 0 aliphatic heterocycles. The fourth-order valence-electron chi connectivity index (χ4n) is 1.29. The van der Waals surface area contributed by atoms with Crippen LogP contribution in [-0.4, -0.2) is 14.8 Å². The predicted molar refractivity (Wildman–Crippen MR) is 53.4 cm³/mol. The molecule has 0 aliphatic rings. The minimum absolute atomic E-state index is 0.275. The number of rotatable bonds is 1. The Morgan fingerprint density at radius 1 is 1.43 bits per heavy atom. The monoisotopic (exact) mass is 209 g/mol. The first-order valence-corrected chi connectivity index (χ1v) is 4.47. The third-order valence-corrected chi connectivity index (χ3v) is 2.15. The maximum Gasteiger partial charge on any atom is 0.199 e. The van der Waals surface area contributed by atoms with E-state index in [1.54, 1.807) is 4.57 Å².